The third-order valence-electron chi connectivity index (χ3n) is 5.00. The molecule has 3 aromatic rings. The highest BCUT2D eigenvalue weighted by Gasteiger charge is 2.44. The lowest BCUT2D eigenvalue weighted by Crippen LogP contribution is -2.60. The van der Waals surface area contributed by atoms with Crippen molar-refractivity contribution >= 4 is 26.9 Å². The molecule has 9 heteroatoms. The van der Waals surface area contributed by atoms with E-state index in [1.807, 2.05) is 12.1 Å². The first-order valence-corrected chi connectivity index (χ1v) is 9.97. The van der Waals surface area contributed by atoms with Crippen molar-refractivity contribution in [1.29, 1.82) is 0 Å². The van der Waals surface area contributed by atoms with E-state index < -0.39 is 37.3 Å². The molecular formula is C21H19BrO8. The van der Waals surface area contributed by atoms with Crippen molar-refractivity contribution < 1.29 is 34.3 Å². The molecule has 1 aliphatic heterocycles. The lowest BCUT2D eigenvalue weighted by molar-refractivity contribution is -0.277. The summed E-state index contributed by atoms with van der Waals surface area (Å²) in [6.45, 7) is -0.559. The van der Waals surface area contributed by atoms with Crippen LogP contribution in [0.5, 0.6) is 5.75 Å². The van der Waals surface area contributed by atoms with Crippen molar-refractivity contribution in [2.45, 2.75) is 30.7 Å². The fraction of sp³-hybridized carbons (Fsp3) is 0.286. The zero-order valence-electron chi connectivity index (χ0n) is 15.5. The van der Waals surface area contributed by atoms with Gasteiger partial charge < -0.3 is 34.3 Å². The van der Waals surface area contributed by atoms with Crippen molar-refractivity contribution in [1.82, 2.24) is 0 Å². The van der Waals surface area contributed by atoms with Crippen LogP contribution >= 0.6 is 15.9 Å². The smallest absolute Gasteiger partial charge is 0.229 e. The van der Waals surface area contributed by atoms with E-state index in [-0.39, 0.29) is 16.8 Å². The van der Waals surface area contributed by atoms with Crippen LogP contribution in [0.1, 0.15) is 0 Å². The standard InChI is InChI=1S/C21H19BrO8/c22-11-3-1-10(2-4-11)14-9-28-15-7-12(5-6-13(15)17(14)24)29-21-20(27)19(26)18(25)16(8-23)30-21/h1-7,9,16,18-21,23,25-27H,8H2/t16-,18+,19+,20-,21+/m0/s1. The minimum atomic E-state index is -1.55. The van der Waals surface area contributed by atoms with Gasteiger partial charge in [0, 0.05) is 10.5 Å². The predicted octanol–water partition coefficient (Wildman–Crippen LogP) is 1.40. The van der Waals surface area contributed by atoms with E-state index in [9.17, 15) is 25.2 Å². The molecule has 1 aromatic heterocycles. The van der Waals surface area contributed by atoms with Crippen molar-refractivity contribution in [3.05, 3.63) is 63.4 Å². The Morgan fingerprint density at radius 3 is 2.43 bits per heavy atom. The zero-order valence-corrected chi connectivity index (χ0v) is 17.1. The minimum Gasteiger partial charge on any atom is -0.463 e. The molecule has 4 N–H and O–H groups in total. The topological polar surface area (TPSA) is 130 Å². The molecule has 2 heterocycles. The number of aliphatic hydroxyl groups excluding tert-OH is 4. The van der Waals surface area contributed by atoms with E-state index in [0.717, 1.165) is 10.0 Å². The number of aliphatic hydroxyl groups is 4. The predicted molar refractivity (Wildman–Crippen MR) is 110 cm³/mol. The first kappa shape index (κ1) is 21.0. The molecule has 1 aliphatic rings. The Bertz CT molecular complexity index is 1090. The van der Waals surface area contributed by atoms with Gasteiger partial charge in [0.05, 0.1) is 17.6 Å². The lowest BCUT2D eigenvalue weighted by Gasteiger charge is -2.39. The third-order valence-corrected chi connectivity index (χ3v) is 5.53. The van der Waals surface area contributed by atoms with Crippen LogP contribution in [0.2, 0.25) is 0 Å². The van der Waals surface area contributed by atoms with Crippen LogP contribution in [0.25, 0.3) is 22.1 Å². The van der Waals surface area contributed by atoms with Crippen LogP contribution in [0.15, 0.2) is 62.4 Å². The Balaban J connectivity index is 1.62. The van der Waals surface area contributed by atoms with Crippen molar-refractivity contribution in [3.8, 4) is 16.9 Å². The van der Waals surface area contributed by atoms with Crippen molar-refractivity contribution in [3.63, 3.8) is 0 Å². The molecule has 0 spiro atoms. The summed E-state index contributed by atoms with van der Waals surface area (Å²) < 4.78 is 17.4. The molecule has 1 saturated heterocycles. The number of benzene rings is 2. The summed E-state index contributed by atoms with van der Waals surface area (Å²) in [5.41, 5.74) is 1.19. The van der Waals surface area contributed by atoms with Crippen LogP contribution < -0.4 is 10.2 Å². The van der Waals surface area contributed by atoms with Crippen molar-refractivity contribution in [2.75, 3.05) is 6.61 Å². The number of hydrogen-bond acceptors (Lipinski definition) is 8. The molecule has 0 radical (unpaired) electrons. The molecule has 2 aromatic carbocycles. The Morgan fingerprint density at radius 2 is 1.73 bits per heavy atom. The second kappa shape index (κ2) is 8.46. The summed E-state index contributed by atoms with van der Waals surface area (Å²) in [6, 6.07) is 11.8. The van der Waals surface area contributed by atoms with Crippen LogP contribution in [0.4, 0.5) is 0 Å². The highest BCUT2D eigenvalue weighted by molar-refractivity contribution is 9.10. The number of rotatable bonds is 4. The first-order valence-electron chi connectivity index (χ1n) is 9.17. The molecule has 5 atom stereocenters. The molecule has 1 fully saturated rings. The maximum absolute atomic E-state index is 12.9. The Labute approximate surface area is 179 Å². The number of fused-ring (bicyclic) bond motifs is 1. The number of ether oxygens (including phenoxy) is 2. The van der Waals surface area contributed by atoms with Gasteiger partial charge >= 0.3 is 0 Å². The van der Waals surface area contributed by atoms with Gasteiger partial charge in [-0.3, -0.25) is 4.79 Å². The first-order chi connectivity index (χ1) is 14.4. The maximum Gasteiger partial charge on any atom is 0.229 e. The third kappa shape index (κ3) is 3.87. The molecule has 8 nitrogen and oxygen atoms in total. The second-order valence-corrected chi connectivity index (χ2v) is 7.87. The molecule has 0 unspecified atom stereocenters. The summed E-state index contributed by atoms with van der Waals surface area (Å²) in [4.78, 5) is 12.9. The van der Waals surface area contributed by atoms with Crippen LogP contribution in [-0.2, 0) is 4.74 Å². The SMILES string of the molecule is O=c1c(-c2ccc(Br)cc2)coc2cc(O[C@@H]3O[C@@H](CO)[C@@H](O)[C@@H](O)[C@@H]3O)ccc12. The van der Waals surface area contributed by atoms with Crippen LogP contribution in [-0.4, -0.2) is 57.7 Å². The van der Waals surface area contributed by atoms with Gasteiger partial charge in [-0.1, -0.05) is 28.1 Å². The fourth-order valence-electron chi connectivity index (χ4n) is 3.31. The summed E-state index contributed by atoms with van der Waals surface area (Å²) >= 11 is 3.36. The van der Waals surface area contributed by atoms with E-state index in [1.165, 1.54) is 24.5 Å². The molecular weight excluding hydrogens is 460 g/mol. The van der Waals surface area contributed by atoms with E-state index in [4.69, 9.17) is 13.9 Å². The largest absolute Gasteiger partial charge is 0.463 e. The monoisotopic (exact) mass is 478 g/mol. The summed E-state index contributed by atoms with van der Waals surface area (Å²) in [7, 11) is 0. The normalized spacial score (nSPS) is 26.6. The summed E-state index contributed by atoms with van der Waals surface area (Å²) in [6.07, 6.45) is -5.60. The summed E-state index contributed by atoms with van der Waals surface area (Å²) in [5.74, 6) is 0.214. The Hall–Kier alpha value is -2.27. The molecule has 0 saturated carbocycles. The average molecular weight is 479 g/mol. The zero-order chi connectivity index (χ0) is 21.4. The van der Waals surface area contributed by atoms with E-state index in [2.05, 4.69) is 15.9 Å². The molecule has 30 heavy (non-hydrogen) atoms. The lowest BCUT2D eigenvalue weighted by atomic mass is 9.99. The molecule has 0 amide bonds. The number of halogens is 1. The quantitative estimate of drug-likeness (QED) is 0.442. The molecule has 158 valence electrons. The van der Waals surface area contributed by atoms with Gasteiger partial charge in [-0.15, -0.1) is 0 Å². The highest BCUT2D eigenvalue weighted by Crippen LogP contribution is 2.27. The van der Waals surface area contributed by atoms with Crippen molar-refractivity contribution in [2.24, 2.45) is 0 Å². The maximum atomic E-state index is 12.9. The van der Waals surface area contributed by atoms with E-state index in [0.29, 0.717) is 10.9 Å². The highest BCUT2D eigenvalue weighted by atomic mass is 79.9. The molecule has 0 aliphatic carbocycles. The van der Waals surface area contributed by atoms with Gasteiger partial charge in [-0.25, -0.2) is 0 Å². The van der Waals surface area contributed by atoms with Crippen LogP contribution in [0.3, 0.4) is 0 Å². The van der Waals surface area contributed by atoms with Gasteiger partial charge in [0.25, 0.3) is 0 Å². The van der Waals surface area contributed by atoms with Gasteiger partial charge in [-0.2, -0.15) is 0 Å². The average Bonchev–Trinajstić information content (AvgIpc) is 2.75. The van der Waals surface area contributed by atoms with E-state index in [1.54, 1.807) is 12.1 Å². The van der Waals surface area contributed by atoms with Gasteiger partial charge in [-0.05, 0) is 29.8 Å². The molecule has 0 bridgehead atoms. The Kier molecular flexibility index (Phi) is 5.92. The molecule has 4 rings (SSSR count). The summed E-state index contributed by atoms with van der Waals surface area (Å²) in [5, 5.41) is 39.4. The van der Waals surface area contributed by atoms with Gasteiger partial charge in [0.1, 0.15) is 42.0 Å². The number of hydrogen-bond donors (Lipinski definition) is 4. The van der Waals surface area contributed by atoms with Crippen LogP contribution in [0, 0.1) is 0 Å². The minimum absolute atomic E-state index is 0.210. The van der Waals surface area contributed by atoms with Gasteiger partial charge in [0.2, 0.25) is 6.29 Å². The van der Waals surface area contributed by atoms with Gasteiger partial charge in [0.15, 0.2) is 5.43 Å². The Morgan fingerprint density at radius 1 is 1.00 bits per heavy atom. The second-order valence-electron chi connectivity index (χ2n) is 6.96. The fourth-order valence-corrected chi connectivity index (χ4v) is 3.57. The van der Waals surface area contributed by atoms with E-state index >= 15 is 0 Å².